The summed E-state index contributed by atoms with van der Waals surface area (Å²) in [4.78, 5) is 28.5. The Kier molecular flexibility index (Phi) is 7.91. The van der Waals surface area contributed by atoms with Crippen molar-refractivity contribution in [3.8, 4) is 5.75 Å². The number of hydrogen-bond donors (Lipinski definition) is 0. The predicted molar refractivity (Wildman–Crippen MR) is 109 cm³/mol. The third-order valence-electron chi connectivity index (χ3n) is 4.99. The largest absolute Gasteiger partial charge is 1.00 e. The van der Waals surface area contributed by atoms with Crippen LogP contribution in [0.15, 0.2) is 59.4 Å². The summed E-state index contributed by atoms with van der Waals surface area (Å²) in [5, 5.41) is 12.1. The van der Waals surface area contributed by atoms with Crippen LogP contribution in [-0.4, -0.2) is 22.6 Å². The zero-order chi connectivity index (χ0) is 21.1. The molecular formula is C22H20ClLiN2O4. The zero-order valence-corrected chi connectivity index (χ0v) is 18.0. The molecule has 0 aliphatic rings. The number of carboxylic acids is 1. The molecule has 1 aromatic heterocycles. The van der Waals surface area contributed by atoms with Crippen LogP contribution in [0.25, 0.3) is 0 Å². The average Bonchev–Trinajstić information content (AvgIpc) is 2.72. The summed E-state index contributed by atoms with van der Waals surface area (Å²) in [6.07, 6.45) is 0. The number of aromatic carboxylic acids is 1. The topological polar surface area (TPSA) is 84.2 Å². The number of aromatic nitrogens is 2. The van der Waals surface area contributed by atoms with Crippen LogP contribution in [0.2, 0.25) is 5.02 Å². The van der Waals surface area contributed by atoms with Crippen LogP contribution >= 0.6 is 11.6 Å². The summed E-state index contributed by atoms with van der Waals surface area (Å²) < 4.78 is 6.27. The Morgan fingerprint density at radius 1 is 1.13 bits per heavy atom. The molecular weight excluding hydrogens is 399 g/mol. The van der Waals surface area contributed by atoms with Gasteiger partial charge in [-0.15, -0.1) is 0 Å². The Morgan fingerprint density at radius 3 is 2.30 bits per heavy atom. The molecule has 0 aliphatic carbocycles. The first-order valence-corrected chi connectivity index (χ1v) is 9.40. The second kappa shape index (κ2) is 9.99. The fraction of sp³-hybridized carbons (Fsp3) is 0.227. The molecule has 0 saturated carbocycles. The van der Waals surface area contributed by atoms with E-state index in [0.717, 1.165) is 11.1 Å². The second-order valence-corrected chi connectivity index (χ2v) is 7.11. The van der Waals surface area contributed by atoms with E-state index < -0.39 is 17.2 Å². The summed E-state index contributed by atoms with van der Waals surface area (Å²) in [7, 11) is 2.77. The van der Waals surface area contributed by atoms with E-state index in [-0.39, 0.29) is 36.4 Å². The summed E-state index contributed by atoms with van der Waals surface area (Å²) in [5.41, 5.74) is 0.721. The number of methoxy groups -OCH3 is 1. The Morgan fingerprint density at radius 2 is 1.73 bits per heavy atom. The van der Waals surface area contributed by atoms with Crippen molar-refractivity contribution in [1.29, 1.82) is 0 Å². The summed E-state index contributed by atoms with van der Waals surface area (Å²) >= 11 is 6.49. The van der Waals surface area contributed by atoms with Gasteiger partial charge in [-0.1, -0.05) is 67.1 Å². The smallest absolute Gasteiger partial charge is 0.543 e. The Hall–Kier alpha value is -2.52. The molecule has 150 valence electrons. The van der Waals surface area contributed by atoms with Crippen molar-refractivity contribution in [3.05, 3.63) is 92.6 Å². The molecule has 0 saturated heterocycles. The fourth-order valence-electron chi connectivity index (χ4n) is 3.60. The van der Waals surface area contributed by atoms with E-state index >= 15 is 0 Å². The van der Waals surface area contributed by atoms with Gasteiger partial charge in [-0.05, 0) is 17.2 Å². The maximum atomic E-state index is 12.7. The van der Waals surface area contributed by atoms with E-state index in [1.807, 2.05) is 55.5 Å². The van der Waals surface area contributed by atoms with Gasteiger partial charge in [0.25, 0.3) is 5.56 Å². The van der Waals surface area contributed by atoms with Gasteiger partial charge in [0, 0.05) is 23.9 Å². The molecule has 30 heavy (non-hydrogen) atoms. The number of hydrogen-bond acceptors (Lipinski definition) is 5. The molecule has 0 amide bonds. The SMILES string of the molecule is COc1c(C(=O)[O-])nc(C(C)C(c2ccccc2)c2ccccc2Cl)n(C)c1=O.[Li+]. The number of ether oxygens (including phenoxy) is 1. The minimum atomic E-state index is -1.57. The van der Waals surface area contributed by atoms with Gasteiger partial charge in [-0.2, -0.15) is 0 Å². The van der Waals surface area contributed by atoms with Crippen LogP contribution in [-0.2, 0) is 7.05 Å². The Balaban J connectivity index is 0.00000320. The number of halogens is 1. The number of carboxylic acid groups (broad SMARTS) is 1. The number of benzene rings is 2. The third kappa shape index (κ3) is 4.46. The molecule has 0 aliphatic heterocycles. The first-order valence-electron chi connectivity index (χ1n) is 9.02. The number of carbonyl (C=O) groups is 1. The van der Waals surface area contributed by atoms with Crippen LogP contribution in [0.4, 0.5) is 0 Å². The summed E-state index contributed by atoms with van der Waals surface area (Å²) in [6, 6.07) is 17.1. The van der Waals surface area contributed by atoms with Crippen molar-refractivity contribution in [1.82, 2.24) is 9.55 Å². The van der Waals surface area contributed by atoms with Crippen LogP contribution in [0.5, 0.6) is 5.75 Å². The molecule has 2 unspecified atom stereocenters. The molecule has 0 N–H and O–H groups in total. The maximum Gasteiger partial charge on any atom is 1.00 e. The van der Waals surface area contributed by atoms with Crippen molar-refractivity contribution in [2.75, 3.05) is 7.11 Å². The van der Waals surface area contributed by atoms with Gasteiger partial charge in [-0.3, -0.25) is 9.36 Å². The van der Waals surface area contributed by atoms with Crippen LogP contribution in [0, 0.1) is 0 Å². The standard InChI is InChI=1S/C22H21ClN2O4.Li/c1-13(20-24-18(22(27)28)19(29-3)21(26)25(20)2)17(14-9-5-4-6-10-14)15-11-7-8-12-16(15)23;/h4-13,17H,1-3H3,(H,27,28);/q;+1/p-1. The van der Waals surface area contributed by atoms with Gasteiger partial charge in [0.15, 0.2) is 0 Å². The van der Waals surface area contributed by atoms with Gasteiger partial charge in [0.05, 0.1) is 13.1 Å². The molecule has 3 aromatic rings. The quantitative estimate of drug-likeness (QED) is 0.515. The van der Waals surface area contributed by atoms with Crippen molar-refractivity contribution in [2.45, 2.75) is 18.8 Å². The molecule has 0 spiro atoms. The van der Waals surface area contributed by atoms with E-state index in [2.05, 4.69) is 4.98 Å². The first kappa shape index (κ1) is 23.8. The van der Waals surface area contributed by atoms with Crippen molar-refractivity contribution in [3.63, 3.8) is 0 Å². The average molecular weight is 419 g/mol. The van der Waals surface area contributed by atoms with Crippen LogP contribution < -0.4 is 34.3 Å². The third-order valence-corrected chi connectivity index (χ3v) is 5.33. The number of carbonyl (C=O) groups excluding carboxylic acids is 1. The normalized spacial score (nSPS) is 12.5. The van der Waals surface area contributed by atoms with E-state index in [1.165, 1.54) is 18.7 Å². The zero-order valence-electron chi connectivity index (χ0n) is 17.3. The van der Waals surface area contributed by atoms with E-state index in [0.29, 0.717) is 10.8 Å². The van der Waals surface area contributed by atoms with Gasteiger partial charge >= 0.3 is 18.9 Å². The van der Waals surface area contributed by atoms with Crippen LogP contribution in [0.3, 0.4) is 0 Å². The van der Waals surface area contributed by atoms with Gasteiger partial charge in [0.1, 0.15) is 11.5 Å². The Bertz CT molecular complexity index is 1100. The predicted octanol–water partition coefficient (Wildman–Crippen LogP) is -0.255. The van der Waals surface area contributed by atoms with Crippen LogP contribution in [0.1, 0.15) is 46.2 Å². The second-order valence-electron chi connectivity index (χ2n) is 6.70. The minimum Gasteiger partial charge on any atom is -0.543 e. The summed E-state index contributed by atoms with van der Waals surface area (Å²) in [6.45, 7) is 1.88. The van der Waals surface area contributed by atoms with E-state index in [4.69, 9.17) is 16.3 Å². The van der Waals surface area contributed by atoms with E-state index in [9.17, 15) is 14.7 Å². The molecule has 6 nitrogen and oxygen atoms in total. The van der Waals surface area contributed by atoms with Gasteiger partial charge in [0.2, 0.25) is 5.75 Å². The number of nitrogens with zero attached hydrogens (tertiary/aromatic N) is 2. The van der Waals surface area contributed by atoms with Crippen molar-refractivity contribution < 1.29 is 33.5 Å². The monoisotopic (exact) mass is 418 g/mol. The van der Waals surface area contributed by atoms with Crippen molar-refractivity contribution >= 4 is 17.6 Å². The maximum absolute atomic E-state index is 12.7. The van der Waals surface area contributed by atoms with Gasteiger partial charge < -0.3 is 14.6 Å². The molecule has 8 heteroatoms. The fourth-order valence-corrected chi connectivity index (χ4v) is 3.86. The molecule has 2 atom stereocenters. The number of rotatable bonds is 6. The van der Waals surface area contributed by atoms with Gasteiger partial charge in [-0.25, -0.2) is 4.98 Å². The molecule has 2 aromatic carbocycles. The van der Waals surface area contributed by atoms with E-state index in [1.54, 1.807) is 6.07 Å². The molecule has 1 heterocycles. The first-order chi connectivity index (χ1) is 13.9. The molecule has 3 rings (SSSR count). The molecule has 0 bridgehead atoms. The van der Waals surface area contributed by atoms with Crippen molar-refractivity contribution in [2.24, 2.45) is 7.05 Å². The summed E-state index contributed by atoms with van der Waals surface area (Å²) in [5.74, 6) is -2.26. The Labute approximate surface area is 191 Å². The molecule has 0 radical (unpaired) electrons. The minimum absolute atomic E-state index is 0. The molecule has 0 fully saturated rings.